The van der Waals surface area contributed by atoms with E-state index in [9.17, 15) is 9.90 Å². The van der Waals surface area contributed by atoms with Gasteiger partial charge in [0.05, 0.1) is 12.7 Å². The van der Waals surface area contributed by atoms with Crippen molar-refractivity contribution in [3.63, 3.8) is 0 Å². The first-order chi connectivity index (χ1) is 6.97. The molecule has 9 heteroatoms. The van der Waals surface area contributed by atoms with Crippen LogP contribution in [0.1, 0.15) is 0 Å². The van der Waals surface area contributed by atoms with Crippen LogP contribution in [0, 0.1) is 0 Å². The van der Waals surface area contributed by atoms with Crippen molar-refractivity contribution in [1.29, 1.82) is 0 Å². The van der Waals surface area contributed by atoms with Crippen molar-refractivity contribution in [2.75, 3.05) is 6.61 Å². The van der Waals surface area contributed by atoms with E-state index in [4.69, 9.17) is 20.3 Å². The summed E-state index contributed by atoms with van der Waals surface area (Å²) in [6.07, 6.45) is -6.24. The van der Waals surface area contributed by atoms with Crippen LogP contribution >= 0.6 is 0 Å². The fourth-order valence-electron chi connectivity index (χ4n) is 1.25. The molecule has 0 bridgehead atoms. The molecule has 1 rings (SSSR count). The molecule has 1 aliphatic rings. The summed E-state index contributed by atoms with van der Waals surface area (Å²) in [5, 5.41) is 44.4. The van der Waals surface area contributed by atoms with Gasteiger partial charge < -0.3 is 34.8 Å². The van der Waals surface area contributed by atoms with Crippen LogP contribution < -0.4 is 0 Å². The Morgan fingerprint density at radius 3 is 2.47 bits per heavy atom. The summed E-state index contributed by atoms with van der Waals surface area (Å²) in [7, 11) is -1.65. The van der Waals surface area contributed by atoms with Gasteiger partial charge >= 0.3 is 13.3 Å². The Morgan fingerprint density at radius 2 is 2.00 bits per heavy atom. The Labute approximate surface area is 84.8 Å². The third-order valence-corrected chi connectivity index (χ3v) is 2.02. The van der Waals surface area contributed by atoms with E-state index in [1.807, 2.05) is 0 Å². The molecule has 1 saturated heterocycles. The average Bonchev–Trinajstić information content (AvgIpc) is 2.57. The molecular formula is C6H11BO8. The number of rotatable bonds is 4. The summed E-state index contributed by atoms with van der Waals surface area (Å²) in [4.78, 5) is 10.3. The SMILES string of the molecule is O=C(O)C(O)C(O)C1OB(O)OC1CO. The smallest absolute Gasteiger partial charge is 0.479 e. The Kier molecular flexibility index (Phi) is 4.02. The predicted octanol–water partition coefficient (Wildman–Crippen LogP) is -3.45. The lowest BCUT2D eigenvalue weighted by Gasteiger charge is -2.23. The van der Waals surface area contributed by atoms with Gasteiger partial charge in [-0.2, -0.15) is 0 Å². The van der Waals surface area contributed by atoms with Gasteiger partial charge in [-0.1, -0.05) is 0 Å². The van der Waals surface area contributed by atoms with Crippen molar-refractivity contribution in [3.05, 3.63) is 0 Å². The molecule has 4 atom stereocenters. The Morgan fingerprint density at radius 1 is 1.40 bits per heavy atom. The summed E-state index contributed by atoms with van der Waals surface area (Å²) in [5.41, 5.74) is 0. The molecule has 0 aliphatic carbocycles. The number of carbonyl (C=O) groups is 1. The average molecular weight is 222 g/mol. The van der Waals surface area contributed by atoms with E-state index in [0.29, 0.717) is 0 Å². The van der Waals surface area contributed by atoms with E-state index >= 15 is 0 Å². The molecule has 0 aromatic carbocycles. The lowest BCUT2D eigenvalue weighted by Crippen LogP contribution is -2.47. The maximum Gasteiger partial charge on any atom is 0.637 e. The molecule has 0 radical (unpaired) electrons. The van der Waals surface area contributed by atoms with Crippen LogP contribution in [0.15, 0.2) is 0 Å². The van der Waals surface area contributed by atoms with E-state index in [1.165, 1.54) is 0 Å². The van der Waals surface area contributed by atoms with Gasteiger partial charge in [-0.05, 0) is 0 Å². The highest BCUT2D eigenvalue weighted by Gasteiger charge is 2.46. The van der Waals surface area contributed by atoms with Crippen LogP contribution in [0.3, 0.4) is 0 Å². The molecule has 0 aromatic rings. The second-order valence-corrected chi connectivity index (χ2v) is 3.04. The van der Waals surface area contributed by atoms with Crippen molar-refractivity contribution >= 4 is 13.3 Å². The third kappa shape index (κ3) is 2.65. The third-order valence-electron chi connectivity index (χ3n) is 2.02. The highest BCUT2D eigenvalue weighted by Crippen LogP contribution is 2.20. The standard InChI is InChI=1S/C6H11BO8/c8-1-2-5(15-7(13)14-2)3(9)4(10)6(11)12/h2-5,8-10,13H,1H2,(H,11,12). The van der Waals surface area contributed by atoms with E-state index in [-0.39, 0.29) is 0 Å². The summed E-state index contributed by atoms with van der Waals surface area (Å²) < 4.78 is 9.19. The highest BCUT2D eigenvalue weighted by atomic mass is 16.7. The van der Waals surface area contributed by atoms with Gasteiger partial charge in [0.15, 0.2) is 6.10 Å². The molecular weight excluding hydrogens is 211 g/mol. The van der Waals surface area contributed by atoms with Gasteiger partial charge in [-0.25, -0.2) is 4.79 Å². The van der Waals surface area contributed by atoms with Gasteiger partial charge in [-0.15, -0.1) is 0 Å². The minimum absolute atomic E-state index is 0.578. The summed E-state index contributed by atoms with van der Waals surface area (Å²) in [6, 6.07) is 0. The topological polar surface area (TPSA) is 137 Å². The first-order valence-corrected chi connectivity index (χ1v) is 4.16. The molecule has 0 amide bonds. The minimum atomic E-state index is -2.07. The number of aliphatic hydroxyl groups excluding tert-OH is 3. The van der Waals surface area contributed by atoms with Gasteiger partial charge in [0.25, 0.3) is 0 Å². The fraction of sp³-hybridized carbons (Fsp3) is 0.833. The number of aliphatic carboxylic acids is 1. The second kappa shape index (κ2) is 4.88. The second-order valence-electron chi connectivity index (χ2n) is 3.04. The maximum atomic E-state index is 10.3. The number of aliphatic hydroxyl groups is 3. The maximum absolute atomic E-state index is 10.3. The zero-order chi connectivity index (χ0) is 11.6. The minimum Gasteiger partial charge on any atom is -0.479 e. The van der Waals surface area contributed by atoms with Crippen LogP contribution in [0.25, 0.3) is 0 Å². The Hall–Kier alpha value is -0.705. The molecule has 1 aliphatic heterocycles. The van der Waals surface area contributed by atoms with Crippen LogP contribution in [-0.2, 0) is 14.1 Å². The molecule has 86 valence electrons. The normalized spacial score (nSPS) is 30.3. The zero-order valence-electron chi connectivity index (χ0n) is 7.55. The first kappa shape index (κ1) is 12.4. The van der Waals surface area contributed by atoms with Crippen molar-refractivity contribution in [1.82, 2.24) is 0 Å². The number of hydrogen-bond acceptors (Lipinski definition) is 7. The first-order valence-electron chi connectivity index (χ1n) is 4.16. The van der Waals surface area contributed by atoms with Crippen LogP contribution in [0.2, 0.25) is 0 Å². The zero-order valence-corrected chi connectivity index (χ0v) is 7.55. The van der Waals surface area contributed by atoms with Crippen molar-refractivity contribution in [2.45, 2.75) is 24.4 Å². The van der Waals surface area contributed by atoms with E-state index < -0.39 is 44.3 Å². The molecule has 15 heavy (non-hydrogen) atoms. The number of carboxylic acid groups (broad SMARTS) is 1. The molecule has 0 spiro atoms. The monoisotopic (exact) mass is 222 g/mol. The van der Waals surface area contributed by atoms with E-state index in [2.05, 4.69) is 9.31 Å². The van der Waals surface area contributed by atoms with Crippen molar-refractivity contribution in [3.8, 4) is 0 Å². The Balaban J connectivity index is 2.65. The lowest BCUT2D eigenvalue weighted by molar-refractivity contribution is -0.158. The molecule has 0 aromatic heterocycles. The Bertz CT molecular complexity index is 235. The molecule has 8 nitrogen and oxygen atoms in total. The van der Waals surface area contributed by atoms with Gasteiger partial charge in [0.2, 0.25) is 0 Å². The lowest BCUT2D eigenvalue weighted by atomic mass is 10.0. The predicted molar refractivity (Wildman–Crippen MR) is 44.5 cm³/mol. The summed E-state index contributed by atoms with van der Waals surface area (Å²) in [6.45, 7) is -0.578. The van der Waals surface area contributed by atoms with E-state index in [1.54, 1.807) is 0 Å². The van der Waals surface area contributed by atoms with Crippen LogP contribution in [0.5, 0.6) is 0 Å². The number of hydrogen-bond donors (Lipinski definition) is 5. The molecule has 1 heterocycles. The largest absolute Gasteiger partial charge is 0.637 e. The van der Waals surface area contributed by atoms with Crippen molar-refractivity contribution in [2.24, 2.45) is 0 Å². The number of carboxylic acids is 1. The quantitative estimate of drug-likeness (QED) is 0.309. The fourth-order valence-corrected chi connectivity index (χ4v) is 1.25. The van der Waals surface area contributed by atoms with Crippen LogP contribution in [0.4, 0.5) is 0 Å². The van der Waals surface area contributed by atoms with Gasteiger partial charge in [0.1, 0.15) is 12.2 Å². The van der Waals surface area contributed by atoms with E-state index in [0.717, 1.165) is 0 Å². The van der Waals surface area contributed by atoms with Crippen molar-refractivity contribution < 1.29 is 39.6 Å². The molecule has 1 fully saturated rings. The molecule has 5 N–H and O–H groups in total. The highest BCUT2D eigenvalue weighted by molar-refractivity contribution is 6.35. The molecule has 0 saturated carbocycles. The molecule has 4 unspecified atom stereocenters. The van der Waals surface area contributed by atoms with Gasteiger partial charge in [0, 0.05) is 0 Å². The van der Waals surface area contributed by atoms with Gasteiger partial charge in [-0.3, -0.25) is 0 Å². The summed E-state index contributed by atoms with van der Waals surface area (Å²) >= 11 is 0. The van der Waals surface area contributed by atoms with Crippen LogP contribution in [-0.4, -0.2) is 69.8 Å². The summed E-state index contributed by atoms with van der Waals surface area (Å²) in [5.74, 6) is -1.64.